The summed E-state index contributed by atoms with van der Waals surface area (Å²) in [4.78, 5) is 27.5. The maximum absolute atomic E-state index is 12.9. The van der Waals surface area contributed by atoms with E-state index >= 15 is 0 Å². The van der Waals surface area contributed by atoms with Crippen molar-refractivity contribution in [2.75, 3.05) is 13.7 Å². The van der Waals surface area contributed by atoms with Crippen LogP contribution < -0.4 is 14.8 Å². The van der Waals surface area contributed by atoms with Crippen molar-refractivity contribution in [3.05, 3.63) is 59.7 Å². The molecule has 2 aliphatic rings. The molecule has 3 atom stereocenters. The third kappa shape index (κ3) is 5.67. The Bertz CT molecular complexity index is 943. The molecule has 1 saturated carbocycles. The van der Waals surface area contributed by atoms with Crippen LogP contribution in [0, 0.1) is 5.92 Å². The van der Waals surface area contributed by atoms with Crippen molar-refractivity contribution in [3.8, 4) is 11.5 Å². The molecular weight excluding hydrogens is 416 g/mol. The standard InChI is InChI=1S/C27H34N2O4/c1-18-5-4-6-19(2)29(18)25(30)17-33-24-15-11-22(12-16-24)27(31)28-26(20-7-8-20)21-9-13-23(32-3)14-10-21/h9-16,18-20,26H,4-8,17H2,1-3H3,(H,28,31). The van der Waals surface area contributed by atoms with Gasteiger partial charge in [-0.2, -0.15) is 0 Å². The minimum atomic E-state index is -0.110. The van der Waals surface area contributed by atoms with Gasteiger partial charge >= 0.3 is 0 Å². The van der Waals surface area contributed by atoms with Gasteiger partial charge < -0.3 is 19.7 Å². The lowest BCUT2D eigenvalue weighted by molar-refractivity contribution is -0.139. The number of carbonyl (C=O) groups excluding carboxylic acids is 2. The van der Waals surface area contributed by atoms with Gasteiger partial charge in [0.05, 0.1) is 13.2 Å². The molecule has 0 bridgehead atoms. The molecule has 0 aromatic heterocycles. The van der Waals surface area contributed by atoms with E-state index in [1.807, 2.05) is 29.2 Å². The summed E-state index contributed by atoms with van der Waals surface area (Å²) in [5.74, 6) is 1.77. The Morgan fingerprint density at radius 3 is 2.12 bits per heavy atom. The molecule has 2 aromatic rings. The fraction of sp³-hybridized carbons (Fsp3) is 0.481. The first-order valence-electron chi connectivity index (χ1n) is 11.9. The number of hydrogen-bond donors (Lipinski definition) is 1. The van der Waals surface area contributed by atoms with Gasteiger partial charge in [-0.15, -0.1) is 0 Å². The van der Waals surface area contributed by atoms with Crippen molar-refractivity contribution in [2.45, 2.75) is 64.1 Å². The van der Waals surface area contributed by atoms with Gasteiger partial charge in [0.1, 0.15) is 11.5 Å². The van der Waals surface area contributed by atoms with Crippen molar-refractivity contribution in [1.29, 1.82) is 0 Å². The minimum absolute atomic E-state index is 0.00882. The quantitative estimate of drug-likeness (QED) is 0.631. The SMILES string of the molecule is COc1ccc(C(NC(=O)c2ccc(OCC(=O)N3C(C)CCCC3C)cc2)C2CC2)cc1. The Labute approximate surface area is 196 Å². The Hall–Kier alpha value is -3.02. The molecule has 6 nitrogen and oxygen atoms in total. The molecule has 1 saturated heterocycles. The van der Waals surface area contributed by atoms with Crippen molar-refractivity contribution in [2.24, 2.45) is 5.92 Å². The second-order valence-electron chi connectivity index (χ2n) is 9.30. The zero-order chi connectivity index (χ0) is 23.4. The van der Waals surface area contributed by atoms with Crippen LogP contribution in [-0.4, -0.2) is 42.5 Å². The molecule has 1 aliphatic carbocycles. The summed E-state index contributed by atoms with van der Waals surface area (Å²) < 4.78 is 11.0. The molecule has 2 fully saturated rings. The molecule has 4 rings (SSSR count). The molecule has 0 spiro atoms. The van der Waals surface area contributed by atoms with Gasteiger partial charge in [-0.25, -0.2) is 0 Å². The van der Waals surface area contributed by atoms with Gasteiger partial charge in [0, 0.05) is 17.6 Å². The Morgan fingerprint density at radius 1 is 0.939 bits per heavy atom. The number of methoxy groups -OCH3 is 1. The smallest absolute Gasteiger partial charge is 0.260 e. The average Bonchev–Trinajstić information content (AvgIpc) is 3.67. The molecule has 1 aliphatic heterocycles. The highest BCUT2D eigenvalue weighted by molar-refractivity contribution is 5.94. The van der Waals surface area contributed by atoms with Gasteiger partial charge in [0.25, 0.3) is 11.8 Å². The van der Waals surface area contributed by atoms with Crippen molar-refractivity contribution >= 4 is 11.8 Å². The van der Waals surface area contributed by atoms with Crippen molar-refractivity contribution in [1.82, 2.24) is 10.2 Å². The third-order valence-electron chi connectivity index (χ3n) is 6.82. The summed E-state index contributed by atoms with van der Waals surface area (Å²) in [6, 6.07) is 15.4. The molecule has 3 unspecified atom stereocenters. The average molecular weight is 451 g/mol. The van der Waals surface area contributed by atoms with Crippen LogP contribution in [0.2, 0.25) is 0 Å². The summed E-state index contributed by atoms with van der Waals surface area (Å²) >= 11 is 0. The lowest BCUT2D eigenvalue weighted by Crippen LogP contribution is -2.49. The van der Waals surface area contributed by atoms with E-state index in [9.17, 15) is 9.59 Å². The molecule has 0 radical (unpaired) electrons. The zero-order valence-electron chi connectivity index (χ0n) is 19.8. The number of nitrogens with one attached hydrogen (secondary N) is 1. The fourth-order valence-corrected chi connectivity index (χ4v) is 4.77. The fourth-order valence-electron chi connectivity index (χ4n) is 4.77. The van der Waals surface area contributed by atoms with Crippen LogP contribution >= 0.6 is 0 Å². The number of hydrogen-bond acceptors (Lipinski definition) is 4. The normalized spacial score (nSPS) is 21.2. The van der Waals surface area contributed by atoms with E-state index in [1.165, 1.54) is 0 Å². The number of nitrogens with zero attached hydrogens (tertiary/aromatic N) is 1. The maximum atomic E-state index is 12.9. The van der Waals surface area contributed by atoms with Gasteiger partial charge in [-0.05, 0) is 93.8 Å². The van der Waals surface area contributed by atoms with Gasteiger partial charge in [0.15, 0.2) is 6.61 Å². The highest BCUT2D eigenvalue weighted by Gasteiger charge is 2.33. The molecule has 1 heterocycles. The predicted octanol–water partition coefficient (Wildman–Crippen LogP) is 4.74. The Morgan fingerprint density at radius 2 is 1.55 bits per heavy atom. The number of rotatable bonds is 8. The van der Waals surface area contributed by atoms with E-state index in [4.69, 9.17) is 9.47 Å². The van der Waals surface area contributed by atoms with Crippen LogP contribution in [0.5, 0.6) is 11.5 Å². The Kier molecular flexibility index (Phi) is 7.21. The van der Waals surface area contributed by atoms with Gasteiger partial charge in [-0.3, -0.25) is 9.59 Å². The molecule has 176 valence electrons. The molecule has 2 amide bonds. The second kappa shape index (κ2) is 10.3. The van der Waals surface area contributed by atoms with Crippen LogP contribution in [0.1, 0.15) is 67.9 Å². The van der Waals surface area contributed by atoms with E-state index in [1.54, 1.807) is 31.4 Å². The maximum Gasteiger partial charge on any atom is 0.260 e. The number of benzene rings is 2. The lowest BCUT2D eigenvalue weighted by atomic mass is 9.97. The number of carbonyl (C=O) groups is 2. The number of likely N-dealkylation sites (tertiary alicyclic amines) is 1. The third-order valence-corrected chi connectivity index (χ3v) is 6.82. The van der Waals surface area contributed by atoms with Gasteiger partial charge in [0.2, 0.25) is 0 Å². The summed E-state index contributed by atoms with van der Waals surface area (Å²) in [6.07, 6.45) is 5.48. The monoisotopic (exact) mass is 450 g/mol. The summed E-state index contributed by atoms with van der Waals surface area (Å²) in [6.45, 7) is 4.21. The molecule has 1 N–H and O–H groups in total. The summed E-state index contributed by atoms with van der Waals surface area (Å²) in [5.41, 5.74) is 1.66. The first-order valence-corrected chi connectivity index (χ1v) is 11.9. The van der Waals surface area contributed by atoms with Crippen LogP contribution in [-0.2, 0) is 4.79 Å². The zero-order valence-corrected chi connectivity index (χ0v) is 19.8. The summed E-state index contributed by atoms with van der Waals surface area (Å²) in [5, 5.41) is 3.19. The molecule has 6 heteroatoms. The van der Waals surface area contributed by atoms with E-state index < -0.39 is 0 Å². The van der Waals surface area contributed by atoms with Crippen molar-refractivity contribution < 1.29 is 19.1 Å². The lowest BCUT2D eigenvalue weighted by Gasteiger charge is -2.38. The number of ether oxygens (including phenoxy) is 2. The first-order chi connectivity index (χ1) is 16.0. The van der Waals surface area contributed by atoms with Crippen LogP contribution in [0.3, 0.4) is 0 Å². The van der Waals surface area contributed by atoms with Crippen LogP contribution in [0.4, 0.5) is 0 Å². The second-order valence-corrected chi connectivity index (χ2v) is 9.30. The van der Waals surface area contributed by atoms with Gasteiger partial charge in [-0.1, -0.05) is 12.1 Å². The van der Waals surface area contributed by atoms with Crippen LogP contribution in [0.15, 0.2) is 48.5 Å². The first kappa shape index (κ1) is 23.1. The Balaban J connectivity index is 1.34. The van der Waals surface area contributed by atoms with E-state index in [0.29, 0.717) is 17.2 Å². The molecule has 33 heavy (non-hydrogen) atoms. The molecule has 2 aromatic carbocycles. The van der Waals surface area contributed by atoms with Crippen LogP contribution in [0.25, 0.3) is 0 Å². The topological polar surface area (TPSA) is 67.9 Å². The molecular formula is C27H34N2O4. The van der Waals surface area contributed by atoms with Crippen molar-refractivity contribution in [3.63, 3.8) is 0 Å². The minimum Gasteiger partial charge on any atom is -0.497 e. The predicted molar refractivity (Wildman–Crippen MR) is 127 cm³/mol. The number of amides is 2. The van der Waals surface area contributed by atoms with E-state index in [2.05, 4.69) is 19.2 Å². The van der Waals surface area contributed by atoms with E-state index in [0.717, 1.165) is 43.4 Å². The van der Waals surface area contributed by atoms with E-state index in [-0.39, 0.29) is 36.5 Å². The highest BCUT2D eigenvalue weighted by atomic mass is 16.5. The highest BCUT2D eigenvalue weighted by Crippen LogP contribution is 2.41. The summed E-state index contributed by atoms with van der Waals surface area (Å²) in [7, 11) is 1.65. The largest absolute Gasteiger partial charge is 0.497 e. The number of piperidine rings is 1.